The predicted octanol–water partition coefficient (Wildman–Crippen LogP) is 20.9. The second kappa shape index (κ2) is 68.4. The first-order valence-electron chi connectivity index (χ1n) is 36.9. The van der Waals surface area contributed by atoms with Crippen LogP contribution < -0.4 is 5.32 Å². The summed E-state index contributed by atoms with van der Waals surface area (Å²) in [4.78, 5) is 13.1. The summed E-state index contributed by atoms with van der Waals surface area (Å²) >= 11 is 0. The van der Waals surface area contributed by atoms with Gasteiger partial charge in [-0.25, -0.2) is 0 Å². The number of hydrogen-bond donors (Lipinski definition) is 6. The molecule has 0 aliphatic carbocycles. The maximum absolute atomic E-state index is 13.1. The monoisotopic (exact) mass is 1260 g/mol. The summed E-state index contributed by atoms with van der Waals surface area (Å²) in [5, 5.41) is 54.8. The van der Waals surface area contributed by atoms with Gasteiger partial charge in [0.15, 0.2) is 6.29 Å². The Kier molecular flexibility index (Phi) is 63.6. The maximum Gasteiger partial charge on any atom is 0.220 e. The van der Waals surface area contributed by atoms with Crippen LogP contribution in [-0.4, -0.2) is 87.5 Å². The van der Waals surface area contributed by atoms with Crippen molar-refractivity contribution in [3.63, 3.8) is 0 Å². The van der Waals surface area contributed by atoms with Gasteiger partial charge in [0.05, 0.1) is 25.4 Å². The van der Waals surface area contributed by atoms with Crippen molar-refractivity contribution in [2.24, 2.45) is 0 Å². The molecule has 1 heterocycles. The van der Waals surface area contributed by atoms with E-state index in [4.69, 9.17) is 9.47 Å². The van der Waals surface area contributed by atoms with Crippen LogP contribution >= 0.6 is 0 Å². The number of hydrogen-bond acceptors (Lipinski definition) is 8. The molecule has 516 valence electrons. The number of amides is 1. The Morgan fingerprint density at radius 3 is 1.05 bits per heavy atom. The predicted molar refractivity (Wildman–Crippen MR) is 391 cm³/mol. The van der Waals surface area contributed by atoms with Crippen molar-refractivity contribution in [2.75, 3.05) is 13.2 Å². The van der Waals surface area contributed by atoms with E-state index in [9.17, 15) is 30.3 Å². The van der Waals surface area contributed by atoms with E-state index in [0.717, 1.165) is 122 Å². The molecule has 0 radical (unpaired) electrons. The lowest BCUT2D eigenvalue weighted by Gasteiger charge is -2.40. The third-order valence-electron chi connectivity index (χ3n) is 16.3. The van der Waals surface area contributed by atoms with Crippen LogP contribution in [0, 0.1) is 0 Å². The second-order valence-electron chi connectivity index (χ2n) is 24.6. The summed E-state index contributed by atoms with van der Waals surface area (Å²) in [5.41, 5.74) is 0. The molecule has 9 heteroatoms. The third kappa shape index (κ3) is 56.8. The Bertz CT molecular complexity index is 2050. The van der Waals surface area contributed by atoms with Gasteiger partial charge in [0, 0.05) is 6.42 Å². The van der Waals surface area contributed by atoms with Gasteiger partial charge in [-0.05, 0) is 122 Å². The molecule has 0 spiro atoms. The van der Waals surface area contributed by atoms with E-state index in [-0.39, 0.29) is 12.5 Å². The molecule has 1 fully saturated rings. The summed E-state index contributed by atoms with van der Waals surface area (Å²) in [7, 11) is 0. The highest BCUT2D eigenvalue weighted by Crippen LogP contribution is 2.23. The summed E-state index contributed by atoms with van der Waals surface area (Å²) in [6.07, 6.45) is 102. The number of ether oxygens (including phenoxy) is 2. The largest absolute Gasteiger partial charge is 0.394 e. The second-order valence-corrected chi connectivity index (χ2v) is 24.6. The maximum atomic E-state index is 13.1. The first kappa shape index (κ1) is 84.6. The molecular formula is C82H135NO8. The van der Waals surface area contributed by atoms with Crippen molar-refractivity contribution < 1.29 is 39.8 Å². The molecule has 0 aromatic heterocycles. The van der Waals surface area contributed by atoms with Gasteiger partial charge >= 0.3 is 0 Å². The third-order valence-corrected chi connectivity index (χ3v) is 16.3. The van der Waals surface area contributed by atoms with Gasteiger partial charge < -0.3 is 40.3 Å². The molecule has 1 saturated heterocycles. The molecule has 6 N–H and O–H groups in total. The van der Waals surface area contributed by atoms with Crippen LogP contribution in [0.3, 0.4) is 0 Å². The fourth-order valence-electron chi connectivity index (χ4n) is 10.6. The number of nitrogens with one attached hydrogen (secondary N) is 1. The lowest BCUT2D eigenvalue weighted by atomic mass is 9.99. The number of unbranched alkanes of at least 4 members (excludes halogenated alkanes) is 26. The molecular weight excluding hydrogens is 1130 g/mol. The molecule has 1 rings (SSSR count). The van der Waals surface area contributed by atoms with Crippen LogP contribution in [0.15, 0.2) is 170 Å². The Hall–Kier alpha value is -4.45. The standard InChI is InChI=1S/C82H135NO8/c1-3-5-7-9-11-13-15-17-19-21-23-25-27-29-31-32-33-34-35-36-37-38-39-40-41-42-43-44-46-48-50-52-54-56-58-60-62-64-66-68-70-72-78(86)83-75(74-90-82-81(89)80(88)79(87)77(73-84)91-82)76(85)71-69-67-65-63-61-59-57-55-53-51-49-47-45-30-28-26-24-22-20-18-16-14-12-10-8-6-4-2/h5,7,11,13,17,19,23,25,29,31,33-34,36-37,39-40,42-43,46,48,52,54,58,60-61,63,69,71,75-77,79-82,84-85,87-89H,3-4,6,8-10,12,14-16,18,20-22,24,26-28,30,32,35,38,41,44-45,47,49-51,53,55-57,59,62,64-68,70,72-74H2,1-2H3,(H,83,86)/b7-5-,13-11-,19-17-,25-23-,31-29-,34-33-,37-36-,40-39-,43-42-,48-46-,54-52-,60-58-,63-61+,71-69+. The fraction of sp³-hybridized carbons (Fsp3) is 0.646. The highest BCUT2D eigenvalue weighted by molar-refractivity contribution is 5.76. The van der Waals surface area contributed by atoms with Gasteiger partial charge in [-0.15, -0.1) is 0 Å². The zero-order chi connectivity index (χ0) is 65.7. The van der Waals surface area contributed by atoms with Gasteiger partial charge in [0.1, 0.15) is 24.4 Å². The van der Waals surface area contributed by atoms with Gasteiger partial charge in [-0.1, -0.05) is 325 Å². The number of rotatable bonds is 62. The minimum absolute atomic E-state index is 0.216. The number of carbonyl (C=O) groups is 1. The van der Waals surface area contributed by atoms with Gasteiger partial charge in [-0.2, -0.15) is 0 Å². The molecule has 1 amide bonds. The Labute approximate surface area is 558 Å². The van der Waals surface area contributed by atoms with Crippen LogP contribution in [0.25, 0.3) is 0 Å². The summed E-state index contributed by atoms with van der Waals surface area (Å²) in [5.74, 6) is -0.216. The van der Waals surface area contributed by atoms with Gasteiger partial charge in [-0.3, -0.25) is 4.79 Å². The molecule has 0 bridgehead atoms. The van der Waals surface area contributed by atoms with Crippen molar-refractivity contribution in [2.45, 2.75) is 326 Å². The zero-order valence-electron chi connectivity index (χ0n) is 57.8. The molecule has 0 aromatic rings. The van der Waals surface area contributed by atoms with E-state index in [1.807, 2.05) is 6.08 Å². The van der Waals surface area contributed by atoms with Crippen molar-refractivity contribution in [3.8, 4) is 0 Å². The summed E-state index contributed by atoms with van der Waals surface area (Å²) < 4.78 is 11.3. The molecule has 0 aromatic carbocycles. The minimum Gasteiger partial charge on any atom is -0.394 e. The average Bonchev–Trinajstić information content (AvgIpc) is 1.58. The molecule has 91 heavy (non-hydrogen) atoms. The number of aliphatic hydroxyl groups excluding tert-OH is 5. The van der Waals surface area contributed by atoms with Crippen LogP contribution in [0.5, 0.6) is 0 Å². The Morgan fingerprint density at radius 1 is 0.385 bits per heavy atom. The first-order chi connectivity index (χ1) is 44.8. The highest BCUT2D eigenvalue weighted by atomic mass is 16.7. The van der Waals surface area contributed by atoms with Gasteiger partial charge in [0.25, 0.3) is 0 Å². The van der Waals surface area contributed by atoms with Crippen molar-refractivity contribution >= 4 is 5.91 Å². The first-order valence-corrected chi connectivity index (χ1v) is 36.9. The topological polar surface area (TPSA) is 149 Å². The summed E-state index contributed by atoms with van der Waals surface area (Å²) in [6.45, 7) is 3.65. The number of carbonyl (C=O) groups excluding carboxylic acids is 1. The minimum atomic E-state index is -1.59. The van der Waals surface area contributed by atoms with E-state index in [1.165, 1.54) is 135 Å². The van der Waals surface area contributed by atoms with Crippen LogP contribution in [0.1, 0.15) is 284 Å². The Morgan fingerprint density at radius 2 is 0.692 bits per heavy atom. The lowest BCUT2D eigenvalue weighted by Crippen LogP contribution is -2.60. The van der Waals surface area contributed by atoms with Crippen LogP contribution in [-0.2, 0) is 14.3 Å². The number of allylic oxidation sites excluding steroid dienone is 27. The molecule has 0 saturated carbocycles. The molecule has 7 atom stereocenters. The molecule has 1 aliphatic heterocycles. The fourth-order valence-corrected chi connectivity index (χ4v) is 10.6. The van der Waals surface area contributed by atoms with Gasteiger partial charge in [0.2, 0.25) is 5.91 Å². The van der Waals surface area contributed by atoms with E-state index in [2.05, 4.69) is 177 Å². The SMILES string of the molecule is CC/C=C\C/C=C\C/C=C\C/C=C\C/C=C\C/C=C\C/C=C\C/C=C\C/C=C\C/C=C\C/C=C\C/C=C\CCCCCCC(=O)NC(COC1OC(CO)C(O)C(O)C1O)C(O)/C=C/CC/C=C/CCCCCCCCCCCCCCCCCCCCCCC. The van der Waals surface area contributed by atoms with E-state index < -0.39 is 49.5 Å². The van der Waals surface area contributed by atoms with Crippen LogP contribution in [0.4, 0.5) is 0 Å². The highest BCUT2D eigenvalue weighted by Gasteiger charge is 2.44. The zero-order valence-corrected chi connectivity index (χ0v) is 57.8. The van der Waals surface area contributed by atoms with Crippen molar-refractivity contribution in [1.29, 1.82) is 0 Å². The van der Waals surface area contributed by atoms with E-state index in [1.54, 1.807) is 6.08 Å². The smallest absolute Gasteiger partial charge is 0.220 e. The Balaban J connectivity index is 2.20. The molecule has 1 aliphatic rings. The normalized spacial score (nSPS) is 18.8. The quantitative estimate of drug-likeness (QED) is 0.0261. The summed E-state index contributed by atoms with van der Waals surface area (Å²) in [6, 6.07) is -0.850. The molecule has 9 nitrogen and oxygen atoms in total. The van der Waals surface area contributed by atoms with Crippen molar-refractivity contribution in [3.05, 3.63) is 170 Å². The van der Waals surface area contributed by atoms with Crippen molar-refractivity contribution in [1.82, 2.24) is 5.32 Å². The van der Waals surface area contributed by atoms with Crippen LogP contribution in [0.2, 0.25) is 0 Å². The van der Waals surface area contributed by atoms with E-state index in [0.29, 0.717) is 12.8 Å². The number of aliphatic hydroxyl groups is 5. The molecule has 7 unspecified atom stereocenters. The average molecular weight is 1260 g/mol. The lowest BCUT2D eigenvalue weighted by molar-refractivity contribution is -0.302. The van der Waals surface area contributed by atoms with E-state index >= 15 is 0 Å².